The Bertz CT molecular complexity index is 907. The second-order valence-corrected chi connectivity index (χ2v) is 10.4. The molecule has 33 heavy (non-hydrogen) atoms. The first-order valence-corrected chi connectivity index (χ1v) is 11.9. The van der Waals surface area contributed by atoms with E-state index in [4.69, 9.17) is 20.5 Å². The molecule has 2 unspecified atom stereocenters. The number of quaternary nitrogens is 1. The van der Waals surface area contributed by atoms with E-state index >= 15 is 0 Å². The quantitative estimate of drug-likeness (QED) is 0.120. The van der Waals surface area contributed by atoms with E-state index in [1.165, 1.54) is 6.07 Å². The van der Waals surface area contributed by atoms with Crippen LogP contribution in [0.5, 0.6) is 0 Å². The molecule has 0 amide bonds. The zero-order valence-electron chi connectivity index (χ0n) is 18.5. The van der Waals surface area contributed by atoms with Crippen molar-refractivity contribution in [2.75, 3.05) is 46.6 Å². The minimum absolute atomic E-state index is 0. The summed E-state index contributed by atoms with van der Waals surface area (Å²) < 4.78 is 35.9. The number of ether oxygens (including phenoxy) is 1. The second-order valence-electron chi connectivity index (χ2n) is 7.62. The van der Waals surface area contributed by atoms with Gasteiger partial charge in [0.2, 0.25) is 0 Å². The van der Waals surface area contributed by atoms with Crippen LogP contribution in [0.1, 0.15) is 6.23 Å². The van der Waals surface area contributed by atoms with Gasteiger partial charge in [-0.2, -0.15) is 4.98 Å². The molecule has 0 bridgehead atoms. The number of phosphoric acid groups is 2. The minimum atomic E-state index is -5.62. The van der Waals surface area contributed by atoms with Gasteiger partial charge in [0.05, 0.1) is 34.4 Å². The molecule has 2 heterocycles. The number of rotatable bonds is 8. The summed E-state index contributed by atoms with van der Waals surface area (Å²) in [5.41, 5.74) is 4.42. The molecular formula is C14H27N4NaO12P2. The average Bonchev–Trinajstić information content (AvgIpc) is 2.86. The molecule has 1 saturated heterocycles. The van der Waals surface area contributed by atoms with Crippen LogP contribution in [0.15, 0.2) is 17.1 Å². The zero-order chi connectivity index (χ0) is 24.9. The fourth-order valence-corrected chi connectivity index (χ4v) is 3.86. The third kappa shape index (κ3) is 11.8. The van der Waals surface area contributed by atoms with Crippen LogP contribution in [0.25, 0.3) is 0 Å². The van der Waals surface area contributed by atoms with Crippen LogP contribution in [-0.4, -0.2) is 93.5 Å². The second kappa shape index (κ2) is 13.2. The number of likely N-dealkylation sites (N-methyl/N-ethyl adjacent to an activating group) is 1. The largest absolute Gasteiger partial charge is 1.00 e. The summed E-state index contributed by atoms with van der Waals surface area (Å²) >= 11 is 0. The smallest absolute Gasteiger partial charge is 0.756 e. The fourth-order valence-electron chi connectivity index (χ4n) is 2.33. The third-order valence-corrected chi connectivity index (χ3v) is 5.92. The van der Waals surface area contributed by atoms with Crippen molar-refractivity contribution in [1.82, 2.24) is 9.55 Å². The number of aromatic nitrogens is 2. The Morgan fingerprint density at radius 3 is 2.27 bits per heavy atom. The van der Waals surface area contributed by atoms with E-state index in [1.807, 2.05) is 0 Å². The Morgan fingerprint density at radius 1 is 1.27 bits per heavy atom. The summed E-state index contributed by atoms with van der Waals surface area (Å²) in [5.74, 6) is -0.0929. The van der Waals surface area contributed by atoms with Gasteiger partial charge in [0.1, 0.15) is 30.7 Å². The molecule has 16 nitrogen and oxygen atoms in total. The van der Waals surface area contributed by atoms with Crippen molar-refractivity contribution in [3.05, 3.63) is 22.7 Å². The fraction of sp³-hybridized carbons (Fsp3) is 0.714. The number of anilines is 1. The van der Waals surface area contributed by atoms with Gasteiger partial charge in [-0.1, -0.05) is 0 Å². The molecule has 0 aliphatic carbocycles. The van der Waals surface area contributed by atoms with Crippen molar-refractivity contribution in [3.63, 3.8) is 0 Å². The Hall–Kier alpha value is -0.260. The van der Waals surface area contributed by atoms with Gasteiger partial charge < -0.3 is 49.5 Å². The molecular weight excluding hydrogens is 501 g/mol. The van der Waals surface area contributed by atoms with Gasteiger partial charge >= 0.3 is 35.2 Å². The van der Waals surface area contributed by atoms with E-state index < -0.39 is 52.5 Å². The summed E-state index contributed by atoms with van der Waals surface area (Å²) in [6, 6.07) is 1.22. The van der Waals surface area contributed by atoms with Crippen molar-refractivity contribution in [2.24, 2.45) is 0 Å². The predicted octanol–water partition coefficient (Wildman–Crippen LogP) is -6.90. The average molecular weight is 528 g/mol. The maximum absolute atomic E-state index is 11.7. The van der Waals surface area contributed by atoms with Crippen molar-refractivity contribution in [3.8, 4) is 0 Å². The summed E-state index contributed by atoms with van der Waals surface area (Å²) in [4.78, 5) is 45.1. The topological polar surface area (TPSA) is 250 Å². The minimum Gasteiger partial charge on any atom is -0.756 e. The predicted molar refractivity (Wildman–Crippen MR) is 103 cm³/mol. The summed E-state index contributed by atoms with van der Waals surface area (Å²) in [5, 5.41) is 28.2. The van der Waals surface area contributed by atoms with E-state index in [2.05, 4.69) is 35.0 Å². The molecule has 1 aromatic heterocycles. The van der Waals surface area contributed by atoms with Gasteiger partial charge in [-0.25, -0.2) is 9.11 Å². The van der Waals surface area contributed by atoms with Crippen LogP contribution in [-0.2, 0) is 22.7 Å². The van der Waals surface area contributed by atoms with Crippen molar-refractivity contribution >= 4 is 21.5 Å². The number of nitrogens with zero attached hydrogens (tertiary/aromatic N) is 3. The van der Waals surface area contributed by atoms with E-state index in [0.29, 0.717) is 0 Å². The number of phosphoric ester groups is 1. The van der Waals surface area contributed by atoms with Gasteiger partial charge in [0.25, 0.3) is 15.6 Å². The van der Waals surface area contributed by atoms with Gasteiger partial charge in [-0.3, -0.25) is 13.7 Å². The summed E-state index contributed by atoms with van der Waals surface area (Å²) in [6.45, 7) is 0.149. The van der Waals surface area contributed by atoms with Gasteiger partial charge in [0, 0.05) is 6.20 Å². The Morgan fingerprint density at radius 2 is 1.85 bits per heavy atom. The van der Waals surface area contributed by atoms with Gasteiger partial charge in [0.15, 0.2) is 6.23 Å². The van der Waals surface area contributed by atoms with Gasteiger partial charge in [-0.05, 0) is 6.07 Å². The van der Waals surface area contributed by atoms with E-state index in [-0.39, 0.29) is 42.0 Å². The van der Waals surface area contributed by atoms with Crippen molar-refractivity contribution in [2.45, 2.75) is 24.5 Å². The Balaban J connectivity index is 0.00000111. The molecule has 19 heteroatoms. The first-order chi connectivity index (χ1) is 14.5. The van der Waals surface area contributed by atoms with E-state index in [1.54, 1.807) is 0 Å². The van der Waals surface area contributed by atoms with Crippen LogP contribution in [0.2, 0.25) is 0 Å². The number of aliphatic hydroxyl groups is 3. The van der Waals surface area contributed by atoms with Crippen LogP contribution in [0, 0.1) is 0 Å². The van der Waals surface area contributed by atoms with Crippen LogP contribution in [0.4, 0.5) is 5.82 Å². The number of hydrogen-bond acceptors (Lipinski definition) is 13. The van der Waals surface area contributed by atoms with Crippen LogP contribution >= 0.6 is 15.6 Å². The molecule has 6 atom stereocenters. The molecule has 1 aliphatic rings. The van der Waals surface area contributed by atoms with Crippen LogP contribution in [0.3, 0.4) is 0 Å². The summed E-state index contributed by atoms with van der Waals surface area (Å²) in [7, 11) is -4.93. The first kappa shape index (κ1) is 32.7. The Kier molecular flexibility index (Phi) is 13.1. The number of nitrogen functional groups attached to an aromatic ring is 1. The standard InChI is InChI=1S/C9H15N3O11P2.C5H14NO.Na/c10-5-1-2-12(9(15)11-5)8-7(14)6(13)4(22-8)3-21-25(19,20)23-24(16,17)18;1-6(2,3)4-5-7;/h1-2,4,6-8,13-14H,3H2,(H,19,20)(H2,10,11,15)(H2,16,17,18);7H,4-5H2,1-3H3;/q;2*+1/p-2/t4-,6-,7-,8-;;/m1../s1. The number of aliphatic hydroxyl groups excluding tert-OH is 3. The SMILES string of the molecule is C[N+](C)(C)CCO.Nc1ccn([C@@H]2O[C@H](COP(=O)([O-])OP(=O)([O-])O)[C@@H](O)[C@H]2O)c(=O)n1.[Na+]. The third-order valence-electron chi connectivity index (χ3n) is 3.83. The molecule has 2 rings (SSSR count). The molecule has 0 radical (unpaired) electrons. The molecule has 6 N–H and O–H groups in total. The van der Waals surface area contributed by atoms with Crippen molar-refractivity contribution in [1.29, 1.82) is 0 Å². The molecule has 1 aromatic rings. The van der Waals surface area contributed by atoms with E-state index in [0.717, 1.165) is 21.8 Å². The maximum Gasteiger partial charge on any atom is 1.00 e. The van der Waals surface area contributed by atoms with Gasteiger partial charge in [-0.15, -0.1) is 0 Å². The maximum atomic E-state index is 11.7. The molecule has 1 fully saturated rings. The molecule has 0 aromatic carbocycles. The van der Waals surface area contributed by atoms with Crippen LogP contribution < -0.4 is 50.8 Å². The number of nitrogens with two attached hydrogens (primary N) is 1. The van der Waals surface area contributed by atoms with Crippen molar-refractivity contribution < 1.29 is 86.7 Å². The molecule has 186 valence electrons. The Labute approximate surface area is 211 Å². The molecule has 0 spiro atoms. The molecule has 1 aliphatic heterocycles. The van der Waals surface area contributed by atoms with E-state index in [9.17, 15) is 33.9 Å². The zero-order valence-corrected chi connectivity index (χ0v) is 22.2. The monoisotopic (exact) mass is 528 g/mol. The normalized spacial score (nSPS) is 26.3. The summed E-state index contributed by atoms with van der Waals surface area (Å²) in [6.07, 6.45) is -5.12. The number of hydrogen-bond donors (Lipinski definition) is 5. The molecule has 0 saturated carbocycles. The first-order valence-electron chi connectivity index (χ1n) is 8.94.